The summed E-state index contributed by atoms with van der Waals surface area (Å²) in [7, 11) is 1.53. The number of nitrogens with zero attached hydrogens (tertiary/aromatic N) is 1. The fourth-order valence-electron chi connectivity index (χ4n) is 0.971. The van der Waals surface area contributed by atoms with Crippen LogP contribution in [0.2, 0.25) is 0 Å². The summed E-state index contributed by atoms with van der Waals surface area (Å²) >= 11 is 0. The van der Waals surface area contributed by atoms with Gasteiger partial charge in [0, 0.05) is 20.2 Å². The topological polar surface area (TPSA) is 78.9 Å². The Kier molecular flexibility index (Phi) is 6.95. The molecule has 6 heteroatoms. The van der Waals surface area contributed by atoms with Crippen LogP contribution in [-0.2, 0) is 9.53 Å². The third kappa shape index (κ3) is 5.35. The first-order chi connectivity index (χ1) is 7.52. The minimum Gasteiger partial charge on any atom is -0.480 e. The lowest BCUT2D eigenvalue weighted by atomic mass is 10.3. The first kappa shape index (κ1) is 14.4. The molecule has 0 spiro atoms. The van der Waals surface area contributed by atoms with E-state index in [4.69, 9.17) is 9.84 Å². The molecule has 0 aliphatic rings. The number of amides is 2. The number of ether oxygens (including phenoxy) is 1. The summed E-state index contributed by atoms with van der Waals surface area (Å²) in [5, 5.41) is 11.0. The number of hydrogen-bond acceptors (Lipinski definition) is 3. The van der Waals surface area contributed by atoms with Crippen molar-refractivity contribution < 1.29 is 19.4 Å². The van der Waals surface area contributed by atoms with E-state index in [1.807, 2.05) is 0 Å². The number of urea groups is 1. The Balaban J connectivity index is 4.25. The molecule has 6 nitrogen and oxygen atoms in total. The molecule has 2 N–H and O–H groups in total. The second-order valence-corrected chi connectivity index (χ2v) is 3.24. The van der Waals surface area contributed by atoms with E-state index in [0.29, 0.717) is 19.7 Å². The van der Waals surface area contributed by atoms with Gasteiger partial charge in [-0.15, -0.1) is 6.58 Å². The van der Waals surface area contributed by atoms with Gasteiger partial charge in [0.05, 0.1) is 6.61 Å². The molecule has 0 bridgehead atoms. The molecule has 0 aliphatic carbocycles. The molecule has 92 valence electrons. The quantitative estimate of drug-likeness (QED) is 0.617. The first-order valence-corrected chi connectivity index (χ1v) is 4.91. The molecule has 0 radical (unpaired) electrons. The highest BCUT2D eigenvalue weighted by Crippen LogP contribution is 1.93. The highest BCUT2D eigenvalue weighted by Gasteiger charge is 2.18. The van der Waals surface area contributed by atoms with E-state index < -0.39 is 18.0 Å². The Morgan fingerprint density at radius 1 is 1.62 bits per heavy atom. The average Bonchev–Trinajstić information content (AvgIpc) is 2.23. The summed E-state index contributed by atoms with van der Waals surface area (Å²) in [6, 6.07) is -1.35. The van der Waals surface area contributed by atoms with E-state index in [1.165, 1.54) is 18.9 Å². The molecule has 2 amide bonds. The fraction of sp³-hybridized carbons (Fsp3) is 0.600. The van der Waals surface area contributed by atoms with Crippen molar-refractivity contribution in [1.29, 1.82) is 0 Å². The highest BCUT2D eigenvalue weighted by molar-refractivity contribution is 5.82. The minimum absolute atomic E-state index is 0.349. The molecular weight excluding hydrogens is 212 g/mol. The Morgan fingerprint density at radius 3 is 2.69 bits per heavy atom. The van der Waals surface area contributed by atoms with Crippen LogP contribution in [0.15, 0.2) is 12.7 Å². The number of nitrogens with one attached hydrogen (secondary N) is 1. The molecule has 0 aromatic heterocycles. The van der Waals surface area contributed by atoms with Crippen LogP contribution in [0, 0.1) is 0 Å². The van der Waals surface area contributed by atoms with Gasteiger partial charge in [-0.2, -0.15) is 0 Å². The number of rotatable bonds is 7. The van der Waals surface area contributed by atoms with Crippen molar-refractivity contribution in [1.82, 2.24) is 10.2 Å². The molecule has 0 aliphatic heterocycles. The number of aliphatic carboxylic acids is 1. The molecule has 0 rings (SSSR count). The van der Waals surface area contributed by atoms with Crippen molar-refractivity contribution >= 4 is 12.0 Å². The molecule has 0 fully saturated rings. The van der Waals surface area contributed by atoms with E-state index in [2.05, 4.69) is 11.9 Å². The highest BCUT2D eigenvalue weighted by atomic mass is 16.5. The number of hydrogen-bond donors (Lipinski definition) is 2. The Bertz CT molecular complexity index is 255. The third-order valence-electron chi connectivity index (χ3n) is 1.91. The predicted molar refractivity (Wildman–Crippen MR) is 59.3 cm³/mol. The average molecular weight is 230 g/mol. The van der Waals surface area contributed by atoms with Crippen molar-refractivity contribution in [3.63, 3.8) is 0 Å². The monoisotopic (exact) mass is 230 g/mol. The summed E-state index contributed by atoms with van der Waals surface area (Å²) in [4.78, 5) is 23.6. The maximum atomic E-state index is 11.6. The van der Waals surface area contributed by atoms with Gasteiger partial charge >= 0.3 is 12.0 Å². The Hall–Kier alpha value is -1.56. The SMILES string of the molecule is C=CCN(CCOC)C(=O)N[C@@H](C)C(=O)O. The summed E-state index contributed by atoms with van der Waals surface area (Å²) in [6.07, 6.45) is 1.57. The largest absolute Gasteiger partial charge is 0.480 e. The predicted octanol–water partition coefficient (Wildman–Crippen LogP) is 0.303. The molecular formula is C10H18N2O4. The van der Waals surface area contributed by atoms with Crippen LogP contribution in [0.4, 0.5) is 4.79 Å². The molecule has 0 saturated heterocycles. The smallest absolute Gasteiger partial charge is 0.325 e. The van der Waals surface area contributed by atoms with Crippen LogP contribution in [-0.4, -0.2) is 54.9 Å². The lowest BCUT2D eigenvalue weighted by Gasteiger charge is -2.22. The maximum absolute atomic E-state index is 11.6. The van der Waals surface area contributed by atoms with Gasteiger partial charge in [-0.25, -0.2) is 4.79 Å². The minimum atomic E-state index is -1.07. The number of carbonyl (C=O) groups excluding carboxylic acids is 1. The van der Waals surface area contributed by atoms with Gasteiger partial charge < -0.3 is 20.1 Å². The van der Waals surface area contributed by atoms with Gasteiger partial charge in [-0.3, -0.25) is 4.79 Å². The van der Waals surface area contributed by atoms with Crippen molar-refractivity contribution in [3.05, 3.63) is 12.7 Å². The zero-order valence-electron chi connectivity index (χ0n) is 9.60. The second-order valence-electron chi connectivity index (χ2n) is 3.24. The molecule has 0 saturated carbocycles. The number of carboxylic acid groups (broad SMARTS) is 1. The lowest BCUT2D eigenvalue weighted by molar-refractivity contribution is -0.138. The summed E-state index contributed by atoms with van der Waals surface area (Å²) < 4.78 is 4.85. The van der Waals surface area contributed by atoms with Crippen molar-refractivity contribution in [2.75, 3.05) is 26.8 Å². The van der Waals surface area contributed by atoms with Crippen molar-refractivity contribution in [2.45, 2.75) is 13.0 Å². The van der Waals surface area contributed by atoms with Crippen LogP contribution in [0.25, 0.3) is 0 Å². The van der Waals surface area contributed by atoms with E-state index in [1.54, 1.807) is 6.08 Å². The molecule has 0 heterocycles. The van der Waals surface area contributed by atoms with Gasteiger partial charge in [-0.05, 0) is 6.92 Å². The fourth-order valence-corrected chi connectivity index (χ4v) is 0.971. The molecule has 0 aromatic carbocycles. The van der Waals surface area contributed by atoms with E-state index >= 15 is 0 Å². The summed E-state index contributed by atoms with van der Waals surface area (Å²) in [6.45, 7) is 6.06. The Morgan fingerprint density at radius 2 is 2.25 bits per heavy atom. The molecule has 16 heavy (non-hydrogen) atoms. The Labute approximate surface area is 94.9 Å². The third-order valence-corrected chi connectivity index (χ3v) is 1.91. The maximum Gasteiger partial charge on any atom is 0.325 e. The standard InChI is InChI=1S/C10H18N2O4/c1-4-5-12(6-7-16-3)10(15)11-8(2)9(13)14/h4,8H,1,5-7H2,2-3H3,(H,11,15)(H,13,14)/t8-/m0/s1. The number of carbonyl (C=O) groups is 2. The van der Waals surface area contributed by atoms with Crippen LogP contribution >= 0.6 is 0 Å². The number of carboxylic acids is 1. The number of methoxy groups -OCH3 is 1. The zero-order valence-corrected chi connectivity index (χ0v) is 9.60. The lowest BCUT2D eigenvalue weighted by Crippen LogP contribution is -2.47. The van der Waals surface area contributed by atoms with Crippen molar-refractivity contribution in [2.24, 2.45) is 0 Å². The van der Waals surface area contributed by atoms with Gasteiger partial charge in [0.15, 0.2) is 0 Å². The van der Waals surface area contributed by atoms with Crippen LogP contribution in [0.3, 0.4) is 0 Å². The zero-order chi connectivity index (χ0) is 12.6. The van der Waals surface area contributed by atoms with E-state index in [-0.39, 0.29) is 0 Å². The van der Waals surface area contributed by atoms with Gasteiger partial charge in [0.1, 0.15) is 6.04 Å². The van der Waals surface area contributed by atoms with Gasteiger partial charge in [-0.1, -0.05) is 6.08 Å². The first-order valence-electron chi connectivity index (χ1n) is 4.91. The van der Waals surface area contributed by atoms with E-state index in [0.717, 1.165) is 0 Å². The molecule has 0 aromatic rings. The summed E-state index contributed by atoms with van der Waals surface area (Å²) in [5.41, 5.74) is 0. The van der Waals surface area contributed by atoms with Crippen molar-refractivity contribution in [3.8, 4) is 0 Å². The second kappa shape index (κ2) is 7.70. The van der Waals surface area contributed by atoms with Gasteiger partial charge in [0.25, 0.3) is 0 Å². The van der Waals surface area contributed by atoms with E-state index in [9.17, 15) is 9.59 Å². The normalized spacial score (nSPS) is 11.6. The van der Waals surface area contributed by atoms with Gasteiger partial charge in [0.2, 0.25) is 0 Å². The molecule has 1 atom stereocenters. The van der Waals surface area contributed by atoms with Crippen LogP contribution in [0.5, 0.6) is 0 Å². The van der Waals surface area contributed by atoms with Crippen LogP contribution < -0.4 is 5.32 Å². The summed E-state index contributed by atoms with van der Waals surface area (Å²) in [5.74, 6) is -1.07. The molecule has 0 unspecified atom stereocenters. The van der Waals surface area contributed by atoms with Crippen LogP contribution in [0.1, 0.15) is 6.92 Å².